The lowest BCUT2D eigenvalue weighted by atomic mass is 10.2. The van der Waals surface area contributed by atoms with Crippen molar-refractivity contribution < 1.29 is 23.7 Å². The van der Waals surface area contributed by atoms with Gasteiger partial charge in [0.25, 0.3) is 0 Å². The minimum atomic E-state index is -0.391. The van der Waals surface area contributed by atoms with E-state index < -0.39 is 5.97 Å². The SMILES string of the molecule is COCCCCCCOc1ccc(/C=C/C(=O)OC)cc1OC. The first-order valence-electron chi connectivity index (χ1n) is 7.77. The molecule has 128 valence electrons. The molecular weight excluding hydrogens is 296 g/mol. The van der Waals surface area contributed by atoms with E-state index in [-0.39, 0.29) is 0 Å². The quantitative estimate of drug-likeness (QED) is 0.355. The molecule has 0 radical (unpaired) electrons. The smallest absolute Gasteiger partial charge is 0.330 e. The van der Waals surface area contributed by atoms with Crippen LogP contribution in [-0.4, -0.2) is 40.5 Å². The normalized spacial score (nSPS) is 10.7. The van der Waals surface area contributed by atoms with Gasteiger partial charge in [0, 0.05) is 19.8 Å². The highest BCUT2D eigenvalue weighted by Crippen LogP contribution is 2.28. The first-order valence-corrected chi connectivity index (χ1v) is 7.77. The summed E-state index contributed by atoms with van der Waals surface area (Å²) in [5.74, 6) is 0.966. The summed E-state index contributed by atoms with van der Waals surface area (Å²) in [4.78, 5) is 11.1. The third-order valence-electron chi connectivity index (χ3n) is 3.30. The van der Waals surface area contributed by atoms with Gasteiger partial charge < -0.3 is 18.9 Å². The number of rotatable bonds is 11. The highest BCUT2D eigenvalue weighted by Gasteiger charge is 2.05. The molecule has 1 aromatic carbocycles. The third kappa shape index (κ3) is 7.70. The Bertz CT molecular complexity index is 496. The predicted molar refractivity (Wildman–Crippen MR) is 89.9 cm³/mol. The lowest BCUT2D eigenvalue weighted by Gasteiger charge is -2.11. The topological polar surface area (TPSA) is 54.0 Å². The fourth-order valence-corrected chi connectivity index (χ4v) is 2.02. The molecule has 1 aromatic rings. The third-order valence-corrected chi connectivity index (χ3v) is 3.30. The van der Waals surface area contributed by atoms with Crippen LogP contribution in [0, 0.1) is 0 Å². The summed E-state index contributed by atoms with van der Waals surface area (Å²) in [6, 6.07) is 5.55. The molecule has 1 rings (SSSR count). The van der Waals surface area contributed by atoms with Crippen molar-refractivity contribution in [3.05, 3.63) is 29.8 Å². The minimum absolute atomic E-state index is 0.391. The Labute approximate surface area is 138 Å². The van der Waals surface area contributed by atoms with E-state index in [1.165, 1.54) is 13.2 Å². The van der Waals surface area contributed by atoms with Gasteiger partial charge >= 0.3 is 5.97 Å². The van der Waals surface area contributed by atoms with Gasteiger partial charge in [-0.05, 0) is 43.0 Å². The highest BCUT2D eigenvalue weighted by molar-refractivity contribution is 5.87. The number of carbonyl (C=O) groups excluding carboxylic acids is 1. The molecule has 0 fully saturated rings. The van der Waals surface area contributed by atoms with Crippen molar-refractivity contribution >= 4 is 12.0 Å². The summed E-state index contributed by atoms with van der Waals surface area (Å²) < 4.78 is 20.7. The fraction of sp³-hybridized carbons (Fsp3) is 0.500. The number of carbonyl (C=O) groups is 1. The van der Waals surface area contributed by atoms with Gasteiger partial charge in [0.2, 0.25) is 0 Å². The van der Waals surface area contributed by atoms with E-state index in [2.05, 4.69) is 4.74 Å². The van der Waals surface area contributed by atoms with E-state index in [0.29, 0.717) is 18.1 Å². The molecule has 0 spiro atoms. The number of hydrogen-bond donors (Lipinski definition) is 0. The summed E-state index contributed by atoms with van der Waals surface area (Å²) in [5.41, 5.74) is 0.846. The largest absolute Gasteiger partial charge is 0.493 e. The molecule has 5 heteroatoms. The van der Waals surface area contributed by atoms with Gasteiger partial charge in [0.1, 0.15) is 0 Å². The maximum Gasteiger partial charge on any atom is 0.330 e. The zero-order valence-corrected chi connectivity index (χ0v) is 14.2. The molecule has 0 amide bonds. The van der Waals surface area contributed by atoms with Crippen LogP contribution in [0.5, 0.6) is 11.5 Å². The zero-order valence-electron chi connectivity index (χ0n) is 14.2. The highest BCUT2D eigenvalue weighted by atomic mass is 16.5. The molecule has 0 aliphatic carbocycles. The van der Waals surface area contributed by atoms with Crippen molar-refractivity contribution in [2.75, 3.05) is 34.5 Å². The molecule has 0 unspecified atom stereocenters. The Balaban J connectivity index is 2.46. The van der Waals surface area contributed by atoms with Crippen molar-refractivity contribution in [3.63, 3.8) is 0 Å². The zero-order chi connectivity index (χ0) is 16.9. The predicted octanol–water partition coefficient (Wildman–Crippen LogP) is 3.47. The number of unbranched alkanes of at least 4 members (excludes halogenated alkanes) is 3. The molecule has 5 nitrogen and oxygen atoms in total. The standard InChI is InChI=1S/C18H26O5/c1-20-12-6-4-5-7-13-23-16-10-8-15(14-17(16)21-2)9-11-18(19)22-3/h8-11,14H,4-7,12-13H2,1-3H3/b11-9+. The maximum absolute atomic E-state index is 11.1. The monoisotopic (exact) mass is 322 g/mol. The first kappa shape index (κ1) is 19.0. The summed E-state index contributed by atoms with van der Waals surface area (Å²) >= 11 is 0. The van der Waals surface area contributed by atoms with Crippen molar-refractivity contribution in [1.29, 1.82) is 0 Å². The van der Waals surface area contributed by atoms with E-state index in [4.69, 9.17) is 14.2 Å². The molecular formula is C18H26O5. The van der Waals surface area contributed by atoms with Crippen LogP contribution >= 0.6 is 0 Å². The Morgan fingerprint density at radius 2 is 1.74 bits per heavy atom. The van der Waals surface area contributed by atoms with Gasteiger partial charge in [-0.15, -0.1) is 0 Å². The van der Waals surface area contributed by atoms with Gasteiger partial charge in [-0.2, -0.15) is 0 Å². The second kappa shape index (κ2) is 11.5. The van der Waals surface area contributed by atoms with Crippen molar-refractivity contribution in [2.45, 2.75) is 25.7 Å². The Morgan fingerprint density at radius 1 is 1.00 bits per heavy atom. The van der Waals surface area contributed by atoms with E-state index in [9.17, 15) is 4.79 Å². The number of hydrogen-bond acceptors (Lipinski definition) is 5. The molecule has 0 atom stereocenters. The molecule has 0 bridgehead atoms. The lowest BCUT2D eigenvalue weighted by molar-refractivity contribution is -0.134. The van der Waals surface area contributed by atoms with E-state index >= 15 is 0 Å². The van der Waals surface area contributed by atoms with Crippen LogP contribution in [0.4, 0.5) is 0 Å². The van der Waals surface area contributed by atoms with E-state index in [1.54, 1.807) is 20.3 Å². The van der Waals surface area contributed by atoms with Crippen LogP contribution in [0.15, 0.2) is 24.3 Å². The van der Waals surface area contributed by atoms with Gasteiger partial charge in [-0.25, -0.2) is 4.79 Å². The average molecular weight is 322 g/mol. The molecule has 23 heavy (non-hydrogen) atoms. The molecule has 0 aliphatic rings. The Morgan fingerprint density at radius 3 is 2.39 bits per heavy atom. The van der Waals surface area contributed by atoms with Crippen LogP contribution in [0.25, 0.3) is 6.08 Å². The fourth-order valence-electron chi connectivity index (χ4n) is 2.02. The van der Waals surface area contributed by atoms with E-state index in [0.717, 1.165) is 37.9 Å². The van der Waals surface area contributed by atoms with Gasteiger partial charge in [0.05, 0.1) is 20.8 Å². The van der Waals surface area contributed by atoms with Crippen molar-refractivity contribution in [3.8, 4) is 11.5 Å². The van der Waals surface area contributed by atoms with Crippen LogP contribution in [0.1, 0.15) is 31.2 Å². The van der Waals surface area contributed by atoms with Crippen LogP contribution < -0.4 is 9.47 Å². The van der Waals surface area contributed by atoms with Crippen molar-refractivity contribution in [2.24, 2.45) is 0 Å². The van der Waals surface area contributed by atoms with Gasteiger partial charge in [0.15, 0.2) is 11.5 Å². The molecule has 0 saturated heterocycles. The van der Waals surface area contributed by atoms with Gasteiger partial charge in [-0.1, -0.05) is 12.5 Å². The molecule has 0 aromatic heterocycles. The van der Waals surface area contributed by atoms with Gasteiger partial charge in [-0.3, -0.25) is 0 Å². The summed E-state index contributed by atoms with van der Waals surface area (Å²) in [7, 11) is 4.67. The second-order valence-corrected chi connectivity index (χ2v) is 5.02. The summed E-state index contributed by atoms with van der Waals surface area (Å²) in [6.45, 7) is 1.47. The molecule has 0 aliphatic heterocycles. The number of ether oxygens (including phenoxy) is 4. The average Bonchev–Trinajstić information content (AvgIpc) is 2.59. The Kier molecular flexibility index (Phi) is 9.55. The molecule has 0 N–H and O–H groups in total. The van der Waals surface area contributed by atoms with Crippen LogP contribution in [0.2, 0.25) is 0 Å². The Hall–Kier alpha value is -2.01. The number of benzene rings is 1. The number of methoxy groups -OCH3 is 3. The van der Waals surface area contributed by atoms with Crippen LogP contribution in [-0.2, 0) is 14.3 Å². The van der Waals surface area contributed by atoms with Crippen LogP contribution in [0.3, 0.4) is 0 Å². The minimum Gasteiger partial charge on any atom is -0.493 e. The van der Waals surface area contributed by atoms with E-state index in [1.807, 2.05) is 18.2 Å². The second-order valence-electron chi connectivity index (χ2n) is 5.02. The maximum atomic E-state index is 11.1. The summed E-state index contributed by atoms with van der Waals surface area (Å²) in [5, 5.41) is 0. The molecule has 0 saturated carbocycles. The number of esters is 1. The molecule has 0 heterocycles. The van der Waals surface area contributed by atoms with Crippen molar-refractivity contribution in [1.82, 2.24) is 0 Å². The summed E-state index contributed by atoms with van der Waals surface area (Å²) in [6.07, 6.45) is 7.39. The lowest BCUT2D eigenvalue weighted by Crippen LogP contribution is -2.00. The first-order chi connectivity index (χ1) is 11.2.